The Labute approximate surface area is 130 Å². The van der Waals surface area contributed by atoms with Crippen molar-refractivity contribution in [2.75, 3.05) is 47.0 Å². The van der Waals surface area contributed by atoms with Gasteiger partial charge in [-0.1, -0.05) is 12.1 Å². The standard InChI is InChI=1S/C14H21FN2O3.ClH/c1-17(14(18)11-16-7-9-19-2)8-10-20-13-6-4-3-5-12(13)15;/h3-6,16H,7-11H2,1-2H3;1H. The van der Waals surface area contributed by atoms with E-state index in [9.17, 15) is 9.18 Å². The Morgan fingerprint density at radius 3 is 2.71 bits per heavy atom. The summed E-state index contributed by atoms with van der Waals surface area (Å²) in [6.45, 7) is 2.09. The highest BCUT2D eigenvalue weighted by Gasteiger charge is 2.08. The molecule has 120 valence electrons. The van der Waals surface area contributed by atoms with E-state index in [1.54, 1.807) is 37.3 Å². The molecule has 0 aliphatic carbocycles. The number of hydrogen-bond donors (Lipinski definition) is 1. The van der Waals surface area contributed by atoms with E-state index in [0.29, 0.717) is 19.7 Å². The summed E-state index contributed by atoms with van der Waals surface area (Å²) in [7, 11) is 3.29. The topological polar surface area (TPSA) is 50.8 Å². The number of rotatable bonds is 9. The number of nitrogens with zero attached hydrogens (tertiary/aromatic N) is 1. The molecule has 0 aliphatic heterocycles. The minimum absolute atomic E-state index is 0. The van der Waals surface area contributed by atoms with Gasteiger partial charge in [0.1, 0.15) is 6.61 Å². The molecule has 1 aromatic rings. The van der Waals surface area contributed by atoms with Gasteiger partial charge in [0.25, 0.3) is 0 Å². The van der Waals surface area contributed by atoms with Crippen molar-refractivity contribution >= 4 is 18.3 Å². The molecule has 1 N–H and O–H groups in total. The number of nitrogens with one attached hydrogen (secondary N) is 1. The average molecular weight is 321 g/mol. The number of likely N-dealkylation sites (N-methyl/N-ethyl adjacent to an activating group) is 1. The zero-order chi connectivity index (χ0) is 14.8. The van der Waals surface area contributed by atoms with Gasteiger partial charge in [-0.05, 0) is 12.1 Å². The second-order valence-corrected chi connectivity index (χ2v) is 4.26. The number of benzene rings is 1. The minimum Gasteiger partial charge on any atom is -0.489 e. The fraction of sp³-hybridized carbons (Fsp3) is 0.500. The Bertz CT molecular complexity index is 421. The lowest BCUT2D eigenvalue weighted by Crippen LogP contribution is -2.38. The van der Waals surface area contributed by atoms with Gasteiger partial charge in [0, 0.05) is 20.7 Å². The van der Waals surface area contributed by atoms with E-state index >= 15 is 0 Å². The summed E-state index contributed by atoms with van der Waals surface area (Å²) in [6, 6.07) is 6.20. The molecule has 0 unspecified atom stereocenters. The van der Waals surface area contributed by atoms with Crippen molar-refractivity contribution in [1.29, 1.82) is 0 Å². The third kappa shape index (κ3) is 7.84. The van der Waals surface area contributed by atoms with Gasteiger partial charge in [-0.3, -0.25) is 4.79 Å². The molecular weight excluding hydrogens is 299 g/mol. The van der Waals surface area contributed by atoms with E-state index in [-0.39, 0.29) is 37.2 Å². The van der Waals surface area contributed by atoms with Crippen LogP contribution in [0.25, 0.3) is 0 Å². The van der Waals surface area contributed by atoms with Gasteiger partial charge in [-0.15, -0.1) is 12.4 Å². The number of carbonyl (C=O) groups is 1. The van der Waals surface area contributed by atoms with Crippen LogP contribution in [0.2, 0.25) is 0 Å². The quantitative estimate of drug-likeness (QED) is 0.697. The first kappa shape index (κ1) is 19.6. The molecule has 0 spiro atoms. The van der Waals surface area contributed by atoms with E-state index in [1.807, 2.05) is 0 Å². The predicted molar refractivity (Wildman–Crippen MR) is 81.5 cm³/mol. The van der Waals surface area contributed by atoms with Crippen LogP contribution in [0, 0.1) is 5.82 Å². The molecule has 0 heterocycles. The van der Waals surface area contributed by atoms with E-state index < -0.39 is 5.82 Å². The maximum Gasteiger partial charge on any atom is 0.236 e. The van der Waals surface area contributed by atoms with Crippen molar-refractivity contribution < 1.29 is 18.7 Å². The number of amides is 1. The van der Waals surface area contributed by atoms with Crippen molar-refractivity contribution in [3.8, 4) is 5.75 Å². The summed E-state index contributed by atoms with van der Waals surface area (Å²) in [5.41, 5.74) is 0. The minimum atomic E-state index is -0.400. The van der Waals surface area contributed by atoms with Crippen LogP contribution in [0.1, 0.15) is 0 Å². The normalized spacial score (nSPS) is 9.86. The van der Waals surface area contributed by atoms with Gasteiger partial charge in [-0.2, -0.15) is 0 Å². The summed E-state index contributed by atoms with van der Waals surface area (Å²) in [5, 5.41) is 2.97. The van der Waals surface area contributed by atoms with Gasteiger partial charge in [0.05, 0.1) is 19.7 Å². The molecule has 1 rings (SSSR count). The lowest BCUT2D eigenvalue weighted by atomic mass is 10.3. The van der Waals surface area contributed by atoms with Crippen molar-refractivity contribution in [3.05, 3.63) is 30.1 Å². The number of ether oxygens (including phenoxy) is 2. The lowest BCUT2D eigenvalue weighted by Gasteiger charge is -2.18. The smallest absolute Gasteiger partial charge is 0.236 e. The summed E-state index contributed by atoms with van der Waals surface area (Å²) in [4.78, 5) is 13.3. The van der Waals surface area contributed by atoms with Crippen LogP contribution in [0.3, 0.4) is 0 Å². The zero-order valence-electron chi connectivity index (χ0n) is 12.3. The van der Waals surface area contributed by atoms with E-state index in [2.05, 4.69) is 5.32 Å². The van der Waals surface area contributed by atoms with E-state index in [4.69, 9.17) is 9.47 Å². The highest BCUT2D eigenvalue weighted by Crippen LogP contribution is 2.14. The molecule has 0 atom stereocenters. The second kappa shape index (κ2) is 11.3. The molecule has 7 heteroatoms. The highest BCUT2D eigenvalue weighted by atomic mass is 35.5. The molecule has 0 bridgehead atoms. The third-order valence-electron chi connectivity index (χ3n) is 2.71. The van der Waals surface area contributed by atoms with Crippen LogP contribution in [-0.4, -0.2) is 57.8 Å². The van der Waals surface area contributed by atoms with Crippen LogP contribution >= 0.6 is 12.4 Å². The van der Waals surface area contributed by atoms with Gasteiger partial charge >= 0.3 is 0 Å². The van der Waals surface area contributed by atoms with Gasteiger partial charge in [-0.25, -0.2) is 4.39 Å². The monoisotopic (exact) mass is 320 g/mol. The zero-order valence-corrected chi connectivity index (χ0v) is 13.1. The van der Waals surface area contributed by atoms with E-state index in [1.165, 1.54) is 6.07 Å². The van der Waals surface area contributed by atoms with Crippen LogP contribution in [0.5, 0.6) is 5.75 Å². The van der Waals surface area contributed by atoms with Crippen molar-refractivity contribution in [2.24, 2.45) is 0 Å². The molecule has 0 saturated heterocycles. The maximum atomic E-state index is 13.3. The van der Waals surface area contributed by atoms with Crippen LogP contribution in [0.15, 0.2) is 24.3 Å². The molecule has 0 aliphatic rings. The summed E-state index contributed by atoms with van der Waals surface area (Å²) in [5.74, 6) is -0.243. The fourth-order valence-electron chi connectivity index (χ4n) is 1.48. The molecule has 5 nitrogen and oxygen atoms in total. The SMILES string of the molecule is COCCNCC(=O)N(C)CCOc1ccccc1F.Cl. The Balaban J connectivity index is 0.00000400. The summed E-state index contributed by atoms with van der Waals surface area (Å²) in [6.07, 6.45) is 0. The van der Waals surface area contributed by atoms with Gasteiger partial charge in [0.2, 0.25) is 5.91 Å². The Kier molecular flexibility index (Phi) is 10.6. The van der Waals surface area contributed by atoms with Crippen LogP contribution < -0.4 is 10.1 Å². The van der Waals surface area contributed by atoms with Crippen molar-refractivity contribution in [1.82, 2.24) is 10.2 Å². The predicted octanol–water partition coefficient (Wildman–Crippen LogP) is 1.32. The largest absolute Gasteiger partial charge is 0.489 e. The first-order chi connectivity index (χ1) is 9.65. The van der Waals surface area contributed by atoms with Gasteiger partial charge < -0.3 is 19.7 Å². The molecular formula is C14H22ClFN2O3. The highest BCUT2D eigenvalue weighted by molar-refractivity contribution is 5.85. The fourth-order valence-corrected chi connectivity index (χ4v) is 1.48. The molecule has 21 heavy (non-hydrogen) atoms. The maximum absolute atomic E-state index is 13.3. The number of halogens is 2. The summed E-state index contributed by atoms with van der Waals surface area (Å²) >= 11 is 0. The molecule has 0 saturated carbocycles. The van der Waals surface area contributed by atoms with Gasteiger partial charge in [0.15, 0.2) is 11.6 Å². The molecule has 0 radical (unpaired) electrons. The molecule has 0 fully saturated rings. The Morgan fingerprint density at radius 2 is 2.05 bits per heavy atom. The number of hydrogen-bond acceptors (Lipinski definition) is 4. The molecule has 1 aromatic carbocycles. The summed E-state index contributed by atoms with van der Waals surface area (Å²) < 4.78 is 23.4. The second-order valence-electron chi connectivity index (χ2n) is 4.26. The Morgan fingerprint density at radius 1 is 1.33 bits per heavy atom. The number of methoxy groups -OCH3 is 1. The number of para-hydroxylation sites is 1. The first-order valence-electron chi connectivity index (χ1n) is 6.46. The van der Waals surface area contributed by atoms with Crippen LogP contribution in [-0.2, 0) is 9.53 Å². The van der Waals surface area contributed by atoms with E-state index in [0.717, 1.165) is 0 Å². The third-order valence-corrected chi connectivity index (χ3v) is 2.71. The van der Waals surface area contributed by atoms with Crippen LogP contribution in [0.4, 0.5) is 4.39 Å². The van der Waals surface area contributed by atoms with Crippen molar-refractivity contribution in [2.45, 2.75) is 0 Å². The molecule has 1 amide bonds. The van der Waals surface area contributed by atoms with Crippen molar-refractivity contribution in [3.63, 3.8) is 0 Å². The Hall–Kier alpha value is -1.37. The molecule has 0 aromatic heterocycles. The number of carbonyl (C=O) groups excluding carboxylic acids is 1. The first-order valence-corrected chi connectivity index (χ1v) is 6.46. The average Bonchev–Trinajstić information content (AvgIpc) is 2.45. The lowest BCUT2D eigenvalue weighted by molar-refractivity contribution is -0.129.